The van der Waals surface area contributed by atoms with Crippen LogP contribution >= 0.6 is 0 Å². The molecular weight excluding hydrogens is 354 g/mol. The first-order valence-corrected chi connectivity index (χ1v) is 9.42. The lowest BCUT2D eigenvalue weighted by molar-refractivity contribution is 0.390. The summed E-state index contributed by atoms with van der Waals surface area (Å²) in [6.07, 6.45) is 0. The Morgan fingerprint density at radius 1 is 0.962 bits per heavy atom. The molecule has 0 amide bonds. The summed E-state index contributed by atoms with van der Waals surface area (Å²) < 4.78 is 32.2. The van der Waals surface area contributed by atoms with Crippen LogP contribution in [0.25, 0.3) is 0 Å². The van der Waals surface area contributed by atoms with Gasteiger partial charge in [0.15, 0.2) is 16.5 Å². The van der Waals surface area contributed by atoms with Crippen molar-refractivity contribution in [1.29, 1.82) is 0 Å². The lowest BCUT2D eigenvalue weighted by Gasteiger charge is -2.08. The molecule has 0 unspecified atom stereocenters. The van der Waals surface area contributed by atoms with Crippen LogP contribution in [0.2, 0.25) is 0 Å². The van der Waals surface area contributed by atoms with Crippen LogP contribution in [0.1, 0.15) is 22.6 Å². The van der Waals surface area contributed by atoms with E-state index in [-0.39, 0.29) is 16.5 Å². The van der Waals surface area contributed by atoms with Gasteiger partial charge in [-0.2, -0.15) is 0 Å². The van der Waals surface area contributed by atoms with Gasteiger partial charge in [0, 0.05) is 6.54 Å². The Bertz CT molecular complexity index is 976. The second-order valence-corrected chi connectivity index (χ2v) is 7.52. The zero-order valence-electron chi connectivity index (χ0n) is 14.6. The molecule has 26 heavy (non-hydrogen) atoms. The maximum atomic E-state index is 12.4. The molecule has 0 atom stereocenters. The quantitative estimate of drug-likeness (QED) is 0.683. The van der Waals surface area contributed by atoms with Gasteiger partial charge in [0.25, 0.3) is 10.0 Å². The van der Waals surface area contributed by atoms with Crippen LogP contribution in [0, 0.1) is 20.8 Å². The van der Waals surface area contributed by atoms with Crippen molar-refractivity contribution in [3.63, 3.8) is 0 Å². The van der Waals surface area contributed by atoms with Gasteiger partial charge in [0.05, 0.1) is 0 Å². The highest BCUT2D eigenvalue weighted by Crippen LogP contribution is 2.21. The Morgan fingerprint density at radius 3 is 2.19 bits per heavy atom. The minimum Gasteiger partial charge on any atom is -0.365 e. The minimum absolute atomic E-state index is 0.0147. The van der Waals surface area contributed by atoms with E-state index < -0.39 is 10.0 Å². The van der Waals surface area contributed by atoms with Gasteiger partial charge >= 0.3 is 0 Å². The van der Waals surface area contributed by atoms with Crippen molar-refractivity contribution in [2.24, 2.45) is 0 Å². The number of sulfonamides is 1. The molecule has 0 aliphatic carbocycles. The summed E-state index contributed by atoms with van der Waals surface area (Å²) in [5.41, 5.74) is 2.60. The second-order valence-electron chi connectivity index (χ2n) is 5.90. The van der Waals surface area contributed by atoms with E-state index in [9.17, 15) is 8.42 Å². The van der Waals surface area contributed by atoms with Crippen molar-refractivity contribution in [1.82, 2.24) is 15.4 Å². The molecule has 3 rings (SSSR count). The lowest BCUT2D eigenvalue weighted by Crippen LogP contribution is -2.16. The van der Waals surface area contributed by atoms with Crippen LogP contribution in [-0.2, 0) is 16.6 Å². The number of aryl methyl sites for hydroxylation is 3. The average Bonchev–Trinajstić information content (AvgIpc) is 2.95. The number of hydrogen-bond acceptors (Lipinski definition) is 7. The van der Waals surface area contributed by atoms with Gasteiger partial charge in [-0.05, 0) is 38.5 Å². The molecule has 2 N–H and O–H groups in total. The van der Waals surface area contributed by atoms with E-state index in [1.807, 2.05) is 31.2 Å². The number of nitrogens with zero attached hydrogens (tertiary/aromatic N) is 3. The van der Waals surface area contributed by atoms with Gasteiger partial charge in [-0.25, -0.2) is 8.42 Å². The Balaban J connectivity index is 1.67. The van der Waals surface area contributed by atoms with E-state index >= 15 is 0 Å². The van der Waals surface area contributed by atoms with Crippen LogP contribution in [0.5, 0.6) is 0 Å². The fourth-order valence-electron chi connectivity index (χ4n) is 2.43. The molecule has 8 nitrogen and oxygen atoms in total. The molecule has 0 spiro atoms. The minimum atomic E-state index is -3.83. The summed E-state index contributed by atoms with van der Waals surface area (Å²) in [6.45, 7) is 5.73. The maximum Gasteiger partial charge on any atom is 0.268 e. The predicted molar refractivity (Wildman–Crippen MR) is 97.3 cm³/mol. The van der Waals surface area contributed by atoms with Crippen molar-refractivity contribution >= 4 is 21.7 Å². The second kappa shape index (κ2) is 7.12. The fraction of sp³-hybridized carbons (Fsp3) is 0.235. The number of rotatable bonds is 6. The Labute approximate surface area is 151 Å². The van der Waals surface area contributed by atoms with E-state index in [2.05, 4.69) is 25.4 Å². The molecule has 0 aliphatic heterocycles. The number of nitrogens with one attached hydrogen (secondary N) is 2. The SMILES string of the molecule is Cc1ccc(CNc2ccc(NS(=O)(=O)c3c(C)noc3C)nn2)cc1. The van der Waals surface area contributed by atoms with Crippen LogP contribution in [0.15, 0.2) is 45.8 Å². The van der Waals surface area contributed by atoms with Gasteiger partial charge in [0.1, 0.15) is 11.5 Å². The van der Waals surface area contributed by atoms with E-state index in [1.54, 1.807) is 26.0 Å². The van der Waals surface area contributed by atoms with Crippen LogP contribution in [-0.4, -0.2) is 23.8 Å². The third kappa shape index (κ3) is 3.99. The van der Waals surface area contributed by atoms with Crippen molar-refractivity contribution < 1.29 is 12.9 Å². The number of hydrogen-bond donors (Lipinski definition) is 2. The monoisotopic (exact) mass is 373 g/mol. The standard InChI is InChI=1S/C17H19N5O3S/c1-11-4-6-14(7-5-11)10-18-15-8-9-16(20-19-15)22-26(23,24)17-12(2)21-25-13(17)3/h4-9H,10H2,1-3H3,(H,18,19)(H,20,22). The zero-order chi connectivity index (χ0) is 18.7. The third-order valence-corrected chi connectivity index (χ3v) is 5.33. The molecule has 0 saturated heterocycles. The highest BCUT2D eigenvalue weighted by Gasteiger charge is 2.24. The molecule has 3 aromatic rings. The first-order chi connectivity index (χ1) is 12.3. The van der Waals surface area contributed by atoms with Crippen LogP contribution in [0.4, 0.5) is 11.6 Å². The fourth-order valence-corrected chi connectivity index (χ4v) is 3.75. The van der Waals surface area contributed by atoms with Crippen LogP contribution < -0.4 is 10.0 Å². The third-order valence-electron chi connectivity index (χ3n) is 3.73. The maximum absolute atomic E-state index is 12.4. The zero-order valence-corrected chi connectivity index (χ0v) is 15.5. The smallest absolute Gasteiger partial charge is 0.268 e. The molecule has 0 saturated carbocycles. The van der Waals surface area contributed by atoms with Crippen molar-refractivity contribution in [2.45, 2.75) is 32.2 Å². The van der Waals surface area contributed by atoms with Gasteiger partial charge in [-0.1, -0.05) is 35.0 Å². The van der Waals surface area contributed by atoms with E-state index in [4.69, 9.17) is 4.52 Å². The molecule has 9 heteroatoms. The summed E-state index contributed by atoms with van der Waals surface area (Å²) in [5.74, 6) is 0.885. The summed E-state index contributed by atoms with van der Waals surface area (Å²) in [7, 11) is -3.83. The topological polar surface area (TPSA) is 110 Å². The number of benzene rings is 1. The molecule has 1 aromatic carbocycles. The first-order valence-electron chi connectivity index (χ1n) is 7.94. The lowest BCUT2D eigenvalue weighted by atomic mass is 10.1. The van der Waals surface area contributed by atoms with Gasteiger partial charge in [0.2, 0.25) is 0 Å². The Kier molecular flexibility index (Phi) is 4.90. The predicted octanol–water partition coefficient (Wildman–Crippen LogP) is 2.80. The normalized spacial score (nSPS) is 11.3. The Morgan fingerprint density at radius 2 is 1.62 bits per heavy atom. The van der Waals surface area contributed by atoms with Gasteiger partial charge in [-0.3, -0.25) is 4.72 Å². The van der Waals surface area contributed by atoms with E-state index in [0.29, 0.717) is 18.1 Å². The first kappa shape index (κ1) is 17.9. The number of anilines is 2. The molecule has 2 heterocycles. The molecule has 136 valence electrons. The average molecular weight is 373 g/mol. The summed E-state index contributed by atoms with van der Waals surface area (Å²) in [6, 6.07) is 11.3. The summed E-state index contributed by atoms with van der Waals surface area (Å²) in [5, 5.41) is 14.7. The Hall–Kier alpha value is -2.94. The molecular formula is C17H19N5O3S. The van der Waals surface area contributed by atoms with E-state index in [0.717, 1.165) is 5.56 Å². The molecule has 2 aromatic heterocycles. The van der Waals surface area contributed by atoms with Crippen molar-refractivity contribution in [2.75, 3.05) is 10.0 Å². The summed E-state index contributed by atoms with van der Waals surface area (Å²) >= 11 is 0. The van der Waals surface area contributed by atoms with Crippen molar-refractivity contribution in [3.8, 4) is 0 Å². The highest BCUT2D eigenvalue weighted by molar-refractivity contribution is 7.92. The molecule has 0 aliphatic rings. The molecule has 0 fully saturated rings. The van der Waals surface area contributed by atoms with Crippen LogP contribution in [0.3, 0.4) is 0 Å². The summed E-state index contributed by atoms with van der Waals surface area (Å²) in [4.78, 5) is 0.0147. The molecule has 0 bridgehead atoms. The van der Waals surface area contributed by atoms with Gasteiger partial charge in [-0.15, -0.1) is 10.2 Å². The van der Waals surface area contributed by atoms with Crippen molar-refractivity contribution in [3.05, 3.63) is 59.0 Å². The highest BCUT2D eigenvalue weighted by atomic mass is 32.2. The largest absolute Gasteiger partial charge is 0.365 e. The van der Waals surface area contributed by atoms with Gasteiger partial charge < -0.3 is 9.84 Å². The molecule has 0 radical (unpaired) electrons. The van der Waals surface area contributed by atoms with E-state index in [1.165, 1.54) is 5.56 Å². The number of aromatic nitrogens is 3.